The molecule has 1 aliphatic carbocycles. The minimum absolute atomic E-state index is 0.0377. The molecule has 3 nitrogen and oxygen atoms in total. The fourth-order valence-electron chi connectivity index (χ4n) is 2.86. The average molecular weight is 276 g/mol. The van der Waals surface area contributed by atoms with Gasteiger partial charge in [0.1, 0.15) is 17.5 Å². The Morgan fingerprint density at radius 2 is 1.90 bits per heavy atom. The molecule has 1 atom stereocenters. The van der Waals surface area contributed by atoms with Crippen LogP contribution in [-0.2, 0) is 4.79 Å². The average Bonchev–Trinajstić information content (AvgIpc) is 3.09. The number of amides is 1. The highest BCUT2D eigenvalue weighted by Crippen LogP contribution is 2.46. The van der Waals surface area contributed by atoms with Gasteiger partial charge in [0.15, 0.2) is 0 Å². The zero-order valence-electron chi connectivity index (χ0n) is 12.2. The second-order valence-corrected chi connectivity index (χ2v) is 7.17. The quantitative estimate of drug-likeness (QED) is 0.901. The van der Waals surface area contributed by atoms with E-state index >= 15 is 0 Å². The van der Waals surface area contributed by atoms with E-state index in [0.29, 0.717) is 6.54 Å². The van der Waals surface area contributed by atoms with Gasteiger partial charge in [0.05, 0.1) is 0 Å². The molecule has 3 rings (SSSR count). The summed E-state index contributed by atoms with van der Waals surface area (Å²) in [6.07, 6.45) is 1.68. The minimum Gasteiger partial charge on any atom is -0.321 e. The highest BCUT2D eigenvalue weighted by Gasteiger charge is 2.59. The van der Waals surface area contributed by atoms with Gasteiger partial charge in [-0.15, -0.1) is 0 Å². The lowest BCUT2D eigenvalue weighted by molar-refractivity contribution is -0.132. The van der Waals surface area contributed by atoms with E-state index < -0.39 is 0 Å². The van der Waals surface area contributed by atoms with Crippen molar-refractivity contribution in [1.82, 2.24) is 10.2 Å². The molecule has 0 aromatic heterocycles. The molecule has 1 heterocycles. The third kappa shape index (κ3) is 2.33. The van der Waals surface area contributed by atoms with Crippen molar-refractivity contribution in [3.8, 4) is 0 Å². The van der Waals surface area contributed by atoms with E-state index in [0.717, 1.165) is 18.4 Å². The van der Waals surface area contributed by atoms with Crippen LogP contribution in [0.2, 0.25) is 0 Å². The van der Waals surface area contributed by atoms with Crippen LogP contribution in [0.1, 0.15) is 45.3 Å². The molecule has 1 spiro atoms. The third-order valence-electron chi connectivity index (χ3n) is 3.98. The van der Waals surface area contributed by atoms with Gasteiger partial charge < -0.3 is 4.90 Å². The number of benzene rings is 1. The number of hydrogen-bond acceptors (Lipinski definition) is 2. The van der Waals surface area contributed by atoms with Gasteiger partial charge in [-0.3, -0.25) is 10.1 Å². The predicted octanol–water partition coefficient (Wildman–Crippen LogP) is 2.83. The largest absolute Gasteiger partial charge is 0.321 e. The van der Waals surface area contributed by atoms with Crippen LogP contribution in [0.4, 0.5) is 4.39 Å². The normalized spacial score (nSPS) is 24.5. The first kappa shape index (κ1) is 13.6. The van der Waals surface area contributed by atoms with Gasteiger partial charge in [-0.05, 0) is 36.0 Å². The van der Waals surface area contributed by atoms with E-state index in [1.807, 2.05) is 4.90 Å². The van der Waals surface area contributed by atoms with Crippen LogP contribution in [0, 0.1) is 11.2 Å². The van der Waals surface area contributed by atoms with Gasteiger partial charge >= 0.3 is 0 Å². The molecular formula is C16H21FN2O. The Balaban J connectivity index is 1.91. The second-order valence-electron chi connectivity index (χ2n) is 7.17. The van der Waals surface area contributed by atoms with Crippen molar-refractivity contribution in [1.29, 1.82) is 0 Å². The lowest BCUT2D eigenvalue weighted by atomic mass is 9.95. The molecule has 4 heteroatoms. The molecule has 1 aromatic rings. The van der Waals surface area contributed by atoms with Crippen molar-refractivity contribution < 1.29 is 9.18 Å². The van der Waals surface area contributed by atoms with E-state index in [4.69, 9.17) is 0 Å². The first-order valence-corrected chi connectivity index (χ1v) is 7.15. The molecule has 1 aromatic carbocycles. The SMILES string of the molecule is CC(C)(C)CN1C(=O)C2(CC2)NC1c1ccc(F)cc1. The van der Waals surface area contributed by atoms with Crippen LogP contribution in [0.15, 0.2) is 24.3 Å². The molecular weight excluding hydrogens is 255 g/mol. The van der Waals surface area contributed by atoms with E-state index in [1.165, 1.54) is 12.1 Å². The van der Waals surface area contributed by atoms with Gasteiger partial charge in [0.25, 0.3) is 0 Å². The maximum absolute atomic E-state index is 13.1. The summed E-state index contributed by atoms with van der Waals surface area (Å²) in [5.74, 6) is -0.0525. The van der Waals surface area contributed by atoms with Crippen LogP contribution in [-0.4, -0.2) is 22.9 Å². The molecule has 1 N–H and O–H groups in total. The number of carbonyl (C=O) groups is 1. The van der Waals surface area contributed by atoms with Crippen LogP contribution in [0.25, 0.3) is 0 Å². The van der Waals surface area contributed by atoms with E-state index in [1.54, 1.807) is 12.1 Å². The first-order valence-electron chi connectivity index (χ1n) is 7.15. The number of halogens is 1. The molecule has 1 saturated carbocycles. The van der Waals surface area contributed by atoms with Gasteiger partial charge in [0.2, 0.25) is 5.91 Å². The van der Waals surface area contributed by atoms with Crippen LogP contribution in [0.5, 0.6) is 0 Å². The zero-order chi connectivity index (χ0) is 14.5. The maximum atomic E-state index is 13.1. The fourth-order valence-corrected chi connectivity index (χ4v) is 2.86. The van der Waals surface area contributed by atoms with Crippen molar-refractivity contribution >= 4 is 5.91 Å². The molecule has 1 saturated heterocycles. The summed E-state index contributed by atoms with van der Waals surface area (Å²) >= 11 is 0. The second kappa shape index (κ2) is 4.29. The number of hydrogen-bond donors (Lipinski definition) is 1. The minimum atomic E-state index is -0.343. The highest BCUT2D eigenvalue weighted by molar-refractivity contribution is 5.92. The lowest BCUT2D eigenvalue weighted by Crippen LogP contribution is -2.38. The molecule has 2 aliphatic rings. The fraction of sp³-hybridized carbons (Fsp3) is 0.562. The molecule has 1 unspecified atom stereocenters. The lowest BCUT2D eigenvalue weighted by Gasteiger charge is -2.31. The van der Waals surface area contributed by atoms with Gasteiger partial charge in [-0.1, -0.05) is 32.9 Å². The van der Waals surface area contributed by atoms with E-state index in [2.05, 4.69) is 26.1 Å². The summed E-state index contributed by atoms with van der Waals surface area (Å²) in [7, 11) is 0. The molecule has 20 heavy (non-hydrogen) atoms. The standard InChI is InChI=1S/C16H21FN2O/c1-15(2,3)10-19-13(11-4-6-12(17)7-5-11)18-16(8-9-16)14(19)20/h4-7,13,18H,8-10H2,1-3H3. The maximum Gasteiger partial charge on any atom is 0.244 e. The first-order chi connectivity index (χ1) is 9.31. The molecule has 2 fully saturated rings. The topological polar surface area (TPSA) is 32.3 Å². The van der Waals surface area contributed by atoms with E-state index in [9.17, 15) is 9.18 Å². The monoisotopic (exact) mass is 276 g/mol. The predicted molar refractivity (Wildman–Crippen MR) is 75.4 cm³/mol. The van der Waals surface area contributed by atoms with E-state index in [-0.39, 0.29) is 28.8 Å². The Hall–Kier alpha value is -1.42. The number of nitrogens with one attached hydrogen (secondary N) is 1. The summed E-state index contributed by atoms with van der Waals surface area (Å²) < 4.78 is 13.1. The van der Waals surface area contributed by atoms with Crippen molar-refractivity contribution in [2.45, 2.75) is 45.3 Å². The molecule has 0 bridgehead atoms. The Labute approximate surface area is 119 Å². The van der Waals surface area contributed by atoms with Crippen molar-refractivity contribution in [3.63, 3.8) is 0 Å². The summed E-state index contributed by atoms with van der Waals surface area (Å²) in [6.45, 7) is 7.07. The molecule has 1 aliphatic heterocycles. The van der Waals surface area contributed by atoms with Crippen molar-refractivity contribution in [3.05, 3.63) is 35.6 Å². The summed E-state index contributed by atoms with van der Waals surface area (Å²) in [5, 5.41) is 3.45. The Bertz CT molecular complexity index is 528. The zero-order valence-corrected chi connectivity index (χ0v) is 12.2. The van der Waals surface area contributed by atoms with Crippen molar-refractivity contribution in [2.75, 3.05) is 6.54 Å². The van der Waals surface area contributed by atoms with Crippen LogP contribution < -0.4 is 5.32 Å². The Kier molecular flexibility index (Phi) is 2.91. The Morgan fingerprint density at radius 3 is 2.40 bits per heavy atom. The highest BCUT2D eigenvalue weighted by atomic mass is 19.1. The Morgan fingerprint density at radius 1 is 1.30 bits per heavy atom. The van der Waals surface area contributed by atoms with Gasteiger partial charge in [0, 0.05) is 6.54 Å². The van der Waals surface area contributed by atoms with Gasteiger partial charge in [-0.25, -0.2) is 4.39 Å². The smallest absolute Gasteiger partial charge is 0.244 e. The summed E-state index contributed by atoms with van der Waals surface area (Å²) in [6, 6.07) is 6.43. The molecule has 1 amide bonds. The van der Waals surface area contributed by atoms with Crippen LogP contribution >= 0.6 is 0 Å². The summed E-state index contributed by atoms with van der Waals surface area (Å²) in [5.41, 5.74) is 0.646. The molecule has 108 valence electrons. The summed E-state index contributed by atoms with van der Waals surface area (Å²) in [4.78, 5) is 14.5. The molecule has 0 radical (unpaired) electrons. The van der Waals surface area contributed by atoms with Gasteiger partial charge in [-0.2, -0.15) is 0 Å². The van der Waals surface area contributed by atoms with Crippen LogP contribution in [0.3, 0.4) is 0 Å². The van der Waals surface area contributed by atoms with Crippen molar-refractivity contribution in [2.24, 2.45) is 5.41 Å². The number of rotatable bonds is 2. The number of carbonyl (C=O) groups excluding carboxylic acids is 1. The number of nitrogens with zero attached hydrogens (tertiary/aromatic N) is 1. The third-order valence-corrected chi connectivity index (χ3v) is 3.98.